The number of nitrogens with zero attached hydrogens (tertiary/aromatic N) is 2. The maximum Gasteiger partial charge on any atom is 0.131 e. The molecule has 24 heavy (non-hydrogen) atoms. The number of benzene rings is 1. The summed E-state index contributed by atoms with van der Waals surface area (Å²) in [4.78, 5) is 8.52. The van der Waals surface area contributed by atoms with Crippen molar-refractivity contribution in [2.24, 2.45) is 0 Å². The lowest BCUT2D eigenvalue weighted by molar-refractivity contribution is 0.120. The molecule has 1 fully saturated rings. The summed E-state index contributed by atoms with van der Waals surface area (Å²) >= 11 is 0. The fourth-order valence-electron chi connectivity index (χ4n) is 2.74. The van der Waals surface area contributed by atoms with Crippen LogP contribution in [-0.4, -0.2) is 42.9 Å². The third kappa shape index (κ3) is 4.83. The van der Waals surface area contributed by atoms with Crippen molar-refractivity contribution in [3.63, 3.8) is 0 Å². The van der Waals surface area contributed by atoms with Crippen molar-refractivity contribution in [1.29, 1.82) is 0 Å². The lowest BCUT2D eigenvalue weighted by atomic mass is 10.1. The average Bonchev–Trinajstić information content (AvgIpc) is 3.14. The molecule has 0 radical (unpaired) electrons. The second kappa shape index (κ2) is 8.49. The molecule has 6 nitrogen and oxygen atoms in total. The molecule has 0 spiro atoms. The second-order valence-electron chi connectivity index (χ2n) is 5.83. The van der Waals surface area contributed by atoms with E-state index in [0.717, 1.165) is 56.3 Å². The summed E-state index contributed by atoms with van der Waals surface area (Å²) < 4.78 is 10.9. The summed E-state index contributed by atoms with van der Waals surface area (Å²) in [6.07, 6.45) is 5.03. The molecule has 0 aliphatic carbocycles. The van der Waals surface area contributed by atoms with E-state index in [2.05, 4.69) is 32.7 Å². The van der Waals surface area contributed by atoms with E-state index in [0.29, 0.717) is 6.10 Å². The minimum absolute atomic E-state index is 0.296. The third-order valence-corrected chi connectivity index (χ3v) is 4.06. The van der Waals surface area contributed by atoms with Crippen LogP contribution in [0, 0.1) is 0 Å². The maximum atomic E-state index is 5.61. The first kappa shape index (κ1) is 16.5. The Morgan fingerprint density at radius 3 is 2.88 bits per heavy atom. The van der Waals surface area contributed by atoms with Crippen LogP contribution in [0.1, 0.15) is 18.4 Å². The monoisotopic (exact) mass is 328 g/mol. The first-order valence-electron chi connectivity index (χ1n) is 8.38. The fourth-order valence-corrected chi connectivity index (χ4v) is 2.74. The Labute approximate surface area is 142 Å². The van der Waals surface area contributed by atoms with Crippen LogP contribution in [-0.2, 0) is 11.2 Å². The first-order valence-corrected chi connectivity index (χ1v) is 8.38. The van der Waals surface area contributed by atoms with Gasteiger partial charge in [-0.3, -0.25) is 0 Å². The first-order chi connectivity index (χ1) is 11.8. The number of nitrogens with one attached hydrogen (secondary N) is 2. The van der Waals surface area contributed by atoms with Crippen molar-refractivity contribution < 1.29 is 9.47 Å². The number of methoxy groups -OCH3 is 1. The predicted octanol–water partition coefficient (Wildman–Crippen LogP) is 2.73. The molecule has 0 amide bonds. The van der Waals surface area contributed by atoms with Crippen LogP contribution >= 0.6 is 0 Å². The van der Waals surface area contributed by atoms with Crippen LogP contribution < -0.4 is 15.4 Å². The Morgan fingerprint density at radius 1 is 1.21 bits per heavy atom. The van der Waals surface area contributed by atoms with E-state index in [4.69, 9.17) is 9.47 Å². The molecule has 0 saturated carbocycles. The van der Waals surface area contributed by atoms with E-state index in [1.165, 1.54) is 5.56 Å². The van der Waals surface area contributed by atoms with Crippen molar-refractivity contribution in [1.82, 2.24) is 9.97 Å². The molecule has 1 aliphatic rings. The van der Waals surface area contributed by atoms with E-state index in [1.807, 2.05) is 18.2 Å². The molecular weight excluding hydrogens is 304 g/mol. The van der Waals surface area contributed by atoms with E-state index >= 15 is 0 Å². The normalized spacial score (nSPS) is 16.8. The second-order valence-corrected chi connectivity index (χ2v) is 5.83. The number of anilines is 2. The average molecular weight is 328 g/mol. The van der Waals surface area contributed by atoms with Gasteiger partial charge in [-0.15, -0.1) is 0 Å². The van der Waals surface area contributed by atoms with Crippen molar-refractivity contribution in [2.75, 3.05) is 37.4 Å². The standard InChI is InChI=1S/C18H24N4O2/c1-23-15-5-2-4-14(10-15)7-8-19-17-11-18(22-13-21-17)20-12-16-6-3-9-24-16/h2,4-5,10-11,13,16H,3,6-9,12H2,1H3,(H2,19,20,21,22). The summed E-state index contributed by atoms with van der Waals surface area (Å²) in [5, 5.41) is 6.65. The van der Waals surface area contributed by atoms with Gasteiger partial charge >= 0.3 is 0 Å². The molecule has 2 N–H and O–H groups in total. The molecular formula is C18H24N4O2. The fraction of sp³-hybridized carbons (Fsp3) is 0.444. The van der Waals surface area contributed by atoms with E-state index in [1.54, 1.807) is 13.4 Å². The smallest absolute Gasteiger partial charge is 0.131 e. The molecule has 2 heterocycles. The number of hydrogen-bond donors (Lipinski definition) is 2. The van der Waals surface area contributed by atoms with Crippen molar-refractivity contribution in [3.05, 3.63) is 42.2 Å². The summed E-state index contributed by atoms with van der Waals surface area (Å²) in [5.41, 5.74) is 1.23. The molecule has 1 aromatic heterocycles. The van der Waals surface area contributed by atoms with Crippen LogP contribution in [0.25, 0.3) is 0 Å². The Kier molecular flexibility index (Phi) is 5.85. The Hall–Kier alpha value is -2.34. The van der Waals surface area contributed by atoms with Gasteiger partial charge in [-0.1, -0.05) is 12.1 Å². The van der Waals surface area contributed by atoms with Crippen LogP contribution in [0.15, 0.2) is 36.7 Å². The molecule has 1 unspecified atom stereocenters. The van der Waals surface area contributed by atoms with Gasteiger partial charge in [0.15, 0.2) is 0 Å². The lowest BCUT2D eigenvalue weighted by Gasteiger charge is -2.12. The SMILES string of the molecule is COc1cccc(CCNc2cc(NCC3CCCO3)ncn2)c1. The number of ether oxygens (including phenoxy) is 2. The van der Waals surface area contributed by atoms with Crippen LogP contribution in [0.4, 0.5) is 11.6 Å². The van der Waals surface area contributed by atoms with Gasteiger partial charge in [-0.25, -0.2) is 9.97 Å². The van der Waals surface area contributed by atoms with E-state index < -0.39 is 0 Å². The number of rotatable bonds is 8. The predicted molar refractivity (Wildman–Crippen MR) is 94.7 cm³/mol. The number of aromatic nitrogens is 2. The van der Waals surface area contributed by atoms with E-state index in [9.17, 15) is 0 Å². The van der Waals surface area contributed by atoms with Crippen molar-refractivity contribution in [3.8, 4) is 5.75 Å². The van der Waals surface area contributed by atoms with Gasteiger partial charge in [0.1, 0.15) is 23.7 Å². The maximum absolute atomic E-state index is 5.61. The zero-order chi connectivity index (χ0) is 16.6. The minimum Gasteiger partial charge on any atom is -0.497 e. The molecule has 3 rings (SSSR count). The van der Waals surface area contributed by atoms with E-state index in [-0.39, 0.29) is 0 Å². The molecule has 0 bridgehead atoms. The van der Waals surface area contributed by atoms with Crippen LogP contribution in [0.5, 0.6) is 5.75 Å². The molecule has 1 aliphatic heterocycles. The quantitative estimate of drug-likeness (QED) is 0.776. The molecule has 1 saturated heterocycles. The largest absolute Gasteiger partial charge is 0.497 e. The van der Waals surface area contributed by atoms with Gasteiger partial charge in [0.2, 0.25) is 0 Å². The minimum atomic E-state index is 0.296. The highest BCUT2D eigenvalue weighted by Crippen LogP contribution is 2.15. The third-order valence-electron chi connectivity index (χ3n) is 4.06. The number of hydrogen-bond acceptors (Lipinski definition) is 6. The van der Waals surface area contributed by atoms with Gasteiger partial charge in [0.25, 0.3) is 0 Å². The Morgan fingerprint density at radius 2 is 2.08 bits per heavy atom. The topological polar surface area (TPSA) is 68.3 Å². The zero-order valence-corrected chi connectivity index (χ0v) is 14.0. The highest BCUT2D eigenvalue weighted by atomic mass is 16.5. The Balaban J connectivity index is 1.47. The van der Waals surface area contributed by atoms with Gasteiger partial charge in [-0.2, -0.15) is 0 Å². The molecule has 1 aromatic carbocycles. The lowest BCUT2D eigenvalue weighted by Crippen LogP contribution is -2.19. The molecule has 6 heteroatoms. The van der Waals surface area contributed by atoms with Crippen LogP contribution in [0.3, 0.4) is 0 Å². The van der Waals surface area contributed by atoms with Gasteiger partial charge < -0.3 is 20.1 Å². The summed E-state index contributed by atoms with van der Waals surface area (Å²) in [7, 11) is 1.68. The van der Waals surface area contributed by atoms with Gasteiger partial charge in [0, 0.05) is 25.8 Å². The van der Waals surface area contributed by atoms with Gasteiger partial charge in [0.05, 0.1) is 13.2 Å². The summed E-state index contributed by atoms with van der Waals surface area (Å²) in [5.74, 6) is 2.53. The zero-order valence-electron chi connectivity index (χ0n) is 14.0. The van der Waals surface area contributed by atoms with Gasteiger partial charge in [-0.05, 0) is 37.0 Å². The highest BCUT2D eigenvalue weighted by Gasteiger charge is 2.15. The van der Waals surface area contributed by atoms with Crippen molar-refractivity contribution in [2.45, 2.75) is 25.4 Å². The van der Waals surface area contributed by atoms with Crippen LogP contribution in [0.2, 0.25) is 0 Å². The van der Waals surface area contributed by atoms with Crippen molar-refractivity contribution >= 4 is 11.6 Å². The highest BCUT2D eigenvalue weighted by molar-refractivity contribution is 5.46. The molecule has 1 atom stereocenters. The summed E-state index contributed by atoms with van der Waals surface area (Å²) in [6.45, 7) is 2.46. The summed E-state index contributed by atoms with van der Waals surface area (Å²) in [6, 6.07) is 10.0. The molecule has 128 valence electrons. The Bertz CT molecular complexity index is 644. The molecule has 2 aromatic rings.